The summed E-state index contributed by atoms with van der Waals surface area (Å²) in [6.45, 7) is 6.76. The van der Waals surface area contributed by atoms with Crippen LogP contribution >= 0.6 is 11.3 Å². The number of aryl methyl sites for hydroxylation is 2. The highest BCUT2D eigenvalue weighted by molar-refractivity contribution is 7.09. The van der Waals surface area contributed by atoms with Gasteiger partial charge in [-0.2, -0.15) is 5.10 Å². The van der Waals surface area contributed by atoms with Crippen molar-refractivity contribution in [3.8, 4) is 0 Å². The molecule has 0 atom stereocenters. The summed E-state index contributed by atoms with van der Waals surface area (Å²) in [7, 11) is 0. The van der Waals surface area contributed by atoms with Crippen LogP contribution in [0.5, 0.6) is 0 Å². The normalized spacial score (nSPS) is 18.1. The Bertz CT molecular complexity index is 877. The zero-order valence-electron chi connectivity index (χ0n) is 16.5. The van der Waals surface area contributed by atoms with Crippen LogP contribution in [0.25, 0.3) is 0 Å². The summed E-state index contributed by atoms with van der Waals surface area (Å²) in [4.78, 5) is 34.1. The first-order valence-corrected chi connectivity index (χ1v) is 11.1. The monoisotopic (exact) mass is 404 g/mol. The van der Waals surface area contributed by atoms with Gasteiger partial charge in [0.15, 0.2) is 0 Å². The molecule has 1 saturated heterocycles. The van der Waals surface area contributed by atoms with Gasteiger partial charge in [-0.1, -0.05) is 13.3 Å². The minimum Gasteiger partial charge on any atom is -0.339 e. The molecule has 152 valence electrons. The first-order chi connectivity index (χ1) is 13.6. The van der Waals surface area contributed by atoms with Crippen molar-refractivity contribution < 1.29 is 4.79 Å². The predicted molar refractivity (Wildman–Crippen MR) is 107 cm³/mol. The highest BCUT2D eigenvalue weighted by Gasteiger charge is 2.24. The van der Waals surface area contributed by atoms with Crippen LogP contribution in [-0.4, -0.2) is 61.2 Å². The van der Waals surface area contributed by atoms with Crippen molar-refractivity contribution in [3.63, 3.8) is 0 Å². The lowest BCUT2D eigenvalue weighted by atomic mass is 10.2. The van der Waals surface area contributed by atoms with Crippen LogP contribution in [0, 0.1) is 0 Å². The van der Waals surface area contributed by atoms with Crippen molar-refractivity contribution in [2.75, 3.05) is 26.2 Å². The van der Waals surface area contributed by atoms with E-state index in [4.69, 9.17) is 0 Å². The molecule has 0 saturated carbocycles. The van der Waals surface area contributed by atoms with E-state index in [1.807, 2.05) is 4.90 Å². The molecular weight excluding hydrogens is 376 g/mol. The van der Waals surface area contributed by atoms with Crippen molar-refractivity contribution >= 4 is 17.2 Å². The number of hydrogen-bond acceptors (Lipinski definition) is 6. The third-order valence-corrected chi connectivity index (χ3v) is 6.62. The summed E-state index contributed by atoms with van der Waals surface area (Å²) < 4.78 is 3.10. The molecule has 0 spiro atoms. The Morgan fingerprint density at radius 2 is 1.96 bits per heavy atom. The van der Waals surface area contributed by atoms with Gasteiger partial charge in [-0.3, -0.25) is 14.3 Å². The zero-order valence-corrected chi connectivity index (χ0v) is 17.3. The van der Waals surface area contributed by atoms with E-state index in [2.05, 4.69) is 27.3 Å². The molecule has 0 bridgehead atoms. The Kier molecular flexibility index (Phi) is 5.91. The van der Waals surface area contributed by atoms with Gasteiger partial charge in [-0.05, 0) is 19.3 Å². The number of piperazine rings is 1. The summed E-state index contributed by atoms with van der Waals surface area (Å²) in [5.41, 5.74) is 0.979. The molecule has 28 heavy (non-hydrogen) atoms. The minimum atomic E-state index is -0.140. The summed E-state index contributed by atoms with van der Waals surface area (Å²) >= 11 is 1.72. The lowest BCUT2D eigenvalue weighted by Crippen LogP contribution is -2.49. The molecule has 4 rings (SSSR count). The van der Waals surface area contributed by atoms with E-state index in [9.17, 15) is 9.59 Å². The Morgan fingerprint density at radius 3 is 2.71 bits per heavy atom. The molecule has 0 unspecified atom stereocenters. The number of amides is 1. The largest absolute Gasteiger partial charge is 0.346 e. The van der Waals surface area contributed by atoms with Gasteiger partial charge in [0.25, 0.3) is 0 Å². The zero-order chi connectivity index (χ0) is 19.5. The number of nitrogens with zero attached hydrogens (tertiary/aromatic N) is 6. The molecular formula is C19H28N6O2S. The number of fused-ring (bicyclic) bond motifs is 1. The Hall–Kier alpha value is -2.00. The molecule has 2 aliphatic heterocycles. The van der Waals surface area contributed by atoms with E-state index >= 15 is 0 Å². The molecule has 2 aromatic rings. The SMILES string of the molecule is CCc1nc(CN2CCN(C(=O)Cn3nc4n(c3=O)CCCCC4)CC2)cs1. The third-order valence-electron chi connectivity index (χ3n) is 5.58. The van der Waals surface area contributed by atoms with Crippen molar-refractivity contribution in [1.29, 1.82) is 0 Å². The fraction of sp³-hybridized carbons (Fsp3) is 0.684. The first-order valence-electron chi connectivity index (χ1n) is 10.2. The van der Waals surface area contributed by atoms with Gasteiger partial charge >= 0.3 is 5.69 Å². The molecule has 9 heteroatoms. The smallest absolute Gasteiger partial charge is 0.339 e. The Balaban J connectivity index is 1.31. The highest BCUT2D eigenvalue weighted by atomic mass is 32.1. The second kappa shape index (κ2) is 8.57. The van der Waals surface area contributed by atoms with Crippen molar-refractivity contribution in [2.24, 2.45) is 0 Å². The van der Waals surface area contributed by atoms with Gasteiger partial charge in [-0.15, -0.1) is 11.3 Å². The molecule has 4 heterocycles. The lowest BCUT2D eigenvalue weighted by Gasteiger charge is -2.34. The summed E-state index contributed by atoms with van der Waals surface area (Å²) in [5.74, 6) is 0.812. The van der Waals surface area contributed by atoms with Crippen LogP contribution in [0.2, 0.25) is 0 Å². The molecule has 0 radical (unpaired) electrons. The maximum absolute atomic E-state index is 12.7. The number of hydrogen-bond donors (Lipinski definition) is 0. The van der Waals surface area contributed by atoms with Crippen LogP contribution in [0.1, 0.15) is 42.7 Å². The van der Waals surface area contributed by atoms with E-state index in [1.165, 1.54) is 9.69 Å². The number of carbonyl (C=O) groups excluding carboxylic acids is 1. The molecule has 1 amide bonds. The van der Waals surface area contributed by atoms with Crippen molar-refractivity contribution in [2.45, 2.75) is 58.7 Å². The fourth-order valence-electron chi connectivity index (χ4n) is 3.92. The topological polar surface area (TPSA) is 76.3 Å². The second-order valence-electron chi connectivity index (χ2n) is 7.56. The van der Waals surface area contributed by atoms with Crippen LogP contribution < -0.4 is 5.69 Å². The fourth-order valence-corrected chi connectivity index (χ4v) is 4.66. The van der Waals surface area contributed by atoms with Crippen molar-refractivity contribution in [3.05, 3.63) is 32.4 Å². The van der Waals surface area contributed by atoms with E-state index in [1.54, 1.807) is 15.9 Å². The number of thiazole rings is 1. The number of aromatic nitrogens is 4. The van der Waals surface area contributed by atoms with Gasteiger partial charge in [0.2, 0.25) is 5.91 Å². The molecule has 1 fully saturated rings. The highest BCUT2D eigenvalue weighted by Crippen LogP contribution is 2.14. The molecule has 2 aliphatic rings. The van der Waals surface area contributed by atoms with Crippen LogP contribution in [0.3, 0.4) is 0 Å². The predicted octanol–water partition coefficient (Wildman–Crippen LogP) is 1.13. The molecule has 8 nitrogen and oxygen atoms in total. The lowest BCUT2D eigenvalue weighted by molar-refractivity contribution is -0.133. The van der Waals surface area contributed by atoms with Gasteiger partial charge in [-0.25, -0.2) is 14.5 Å². The van der Waals surface area contributed by atoms with E-state index < -0.39 is 0 Å². The average molecular weight is 405 g/mol. The van der Waals surface area contributed by atoms with Crippen LogP contribution in [-0.2, 0) is 37.3 Å². The molecule has 2 aromatic heterocycles. The van der Waals surface area contributed by atoms with Crippen LogP contribution in [0.15, 0.2) is 10.2 Å². The Labute approximate surface area is 168 Å². The van der Waals surface area contributed by atoms with Gasteiger partial charge in [0, 0.05) is 51.1 Å². The van der Waals surface area contributed by atoms with E-state index in [-0.39, 0.29) is 18.1 Å². The van der Waals surface area contributed by atoms with Gasteiger partial charge in [0.05, 0.1) is 10.7 Å². The summed E-state index contributed by atoms with van der Waals surface area (Å²) in [5, 5.41) is 7.73. The van der Waals surface area contributed by atoms with E-state index in [0.29, 0.717) is 13.1 Å². The molecule has 0 aliphatic carbocycles. The number of rotatable bonds is 5. The second-order valence-corrected chi connectivity index (χ2v) is 8.50. The third kappa shape index (κ3) is 4.20. The van der Waals surface area contributed by atoms with E-state index in [0.717, 1.165) is 69.8 Å². The standard InChI is InChI=1S/C19H28N6O2S/c1-2-17-20-15(14-28-17)12-22-8-10-23(11-9-22)18(26)13-25-19(27)24-7-5-3-4-6-16(24)21-25/h14H,2-13H2,1H3. The maximum atomic E-state index is 12.7. The molecule has 0 N–H and O–H groups in total. The minimum absolute atomic E-state index is 0.0167. The van der Waals surface area contributed by atoms with Crippen molar-refractivity contribution in [1.82, 2.24) is 29.1 Å². The molecule has 0 aromatic carbocycles. The number of carbonyl (C=O) groups is 1. The summed E-state index contributed by atoms with van der Waals surface area (Å²) in [6.07, 6.45) is 5.00. The average Bonchev–Trinajstić information content (AvgIpc) is 3.18. The van der Waals surface area contributed by atoms with Gasteiger partial charge in [0.1, 0.15) is 12.4 Å². The first kappa shape index (κ1) is 19.3. The van der Waals surface area contributed by atoms with Crippen LogP contribution in [0.4, 0.5) is 0 Å². The summed E-state index contributed by atoms with van der Waals surface area (Å²) in [6, 6.07) is 0. The Morgan fingerprint density at radius 1 is 1.14 bits per heavy atom. The maximum Gasteiger partial charge on any atom is 0.346 e. The quantitative estimate of drug-likeness (QED) is 0.747. The van der Waals surface area contributed by atoms with Gasteiger partial charge < -0.3 is 4.90 Å².